The molecule has 3 rings (SSSR count). The predicted molar refractivity (Wildman–Crippen MR) is 134 cm³/mol. The fourth-order valence-electron chi connectivity index (χ4n) is 2.95. The van der Waals surface area contributed by atoms with Crippen LogP contribution in [0, 0.1) is 0 Å². The van der Waals surface area contributed by atoms with Crippen molar-refractivity contribution in [1.29, 1.82) is 0 Å². The quantitative estimate of drug-likeness (QED) is 0.224. The molecule has 9 heteroatoms. The van der Waals surface area contributed by atoms with Crippen LogP contribution in [-0.2, 0) is 19.4 Å². The van der Waals surface area contributed by atoms with Crippen molar-refractivity contribution in [3.05, 3.63) is 56.9 Å². The van der Waals surface area contributed by atoms with Gasteiger partial charge in [0.1, 0.15) is 12.2 Å². The molecule has 0 bridgehead atoms. The molecule has 3 aromatic heterocycles. The molecule has 0 aliphatic rings. The van der Waals surface area contributed by atoms with Gasteiger partial charge >= 0.3 is 0 Å². The van der Waals surface area contributed by atoms with Gasteiger partial charge in [0.15, 0.2) is 5.96 Å². The minimum Gasteiger partial charge on any atom is -0.355 e. The molecule has 0 saturated heterocycles. The highest BCUT2D eigenvalue weighted by atomic mass is 127. The third kappa shape index (κ3) is 7.38. The van der Waals surface area contributed by atoms with E-state index < -0.39 is 0 Å². The van der Waals surface area contributed by atoms with Gasteiger partial charge in [-0.05, 0) is 29.3 Å². The number of hydrogen-bond donors (Lipinski definition) is 2. The summed E-state index contributed by atoms with van der Waals surface area (Å²) in [7, 11) is 0. The molecular formula is C20H29IN6S2. The van der Waals surface area contributed by atoms with Crippen LogP contribution in [0.3, 0.4) is 0 Å². The molecule has 6 nitrogen and oxygen atoms in total. The van der Waals surface area contributed by atoms with Crippen LogP contribution in [0.4, 0.5) is 0 Å². The van der Waals surface area contributed by atoms with Crippen LogP contribution in [0.5, 0.6) is 0 Å². The summed E-state index contributed by atoms with van der Waals surface area (Å²) in [6.45, 7) is 6.66. The Morgan fingerprint density at radius 3 is 2.72 bits per heavy atom. The van der Waals surface area contributed by atoms with Gasteiger partial charge in [-0.25, -0.2) is 0 Å². The summed E-state index contributed by atoms with van der Waals surface area (Å²) in [6.07, 6.45) is 4.65. The molecule has 1 atom stereocenters. The summed E-state index contributed by atoms with van der Waals surface area (Å²) in [5.74, 6) is 1.87. The van der Waals surface area contributed by atoms with Gasteiger partial charge in [-0.3, -0.25) is 4.99 Å². The Bertz CT molecular complexity index is 829. The lowest BCUT2D eigenvalue weighted by Crippen LogP contribution is -2.41. The zero-order chi connectivity index (χ0) is 19.6. The summed E-state index contributed by atoms with van der Waals surface area (Å²) in [5, 5.41) is 19.5. The summed E-state index contributed by atoms with van der Waals surface area (Å²) in [4.78, 5) is 7.52. The maximum Gasteiger partial charge on any atom is 0.191 e. The fourth-order valence-corrected chi connectivity index (χ4v) is 4.51. The molecule has 0 fully saturated rings. The molecule has 0 amide bonds. The van der Waals surface area contributed by atoms with Gasteiger partial charge in [0.05, 0.1) is 6.04 Å². The molecule has 0 radical (unpaired) electrons. The Morgan fingerprint density at radius 1 is 1.21 bits per heavy atom. The number of thiophene rings is 2. The van der Waals surface area contributed by atoms with E-state index >= 15 is 0 Å². The van der Waals surface area contributed by atoms with E-state index in [0.717, 1.165) is 50.7 Å². The number of hydrogen-bond acceptors (Lipinski definition) is 5. The number of guanidine groups is 1. The molecule has 0 aliphatic carbocycles. The smallest absolute Gasteiger partial charge is 0.191 e. The number of aryl methyl sites for hydroxylation is 1. The van der Waals surface area contributed by atoms with Crippen molar-refractivity contribution in [3.63, 3.8) is 0 Å². The topological polar surface area (TPSA) is 67.1 Å². The van der Waals surface area contributed by atoms with E-state index in [2.05, 4.69) is 74.3 Å². The minimum absolute atomic E-state index is 0. The second kappa shape index (κ2) is 13.0. The van der Waals surface area contributed by atoms with Crippen LogP contribution in [0.15, 0.2) is 46.3 Å². The van der Waals surface area contributed by atoms with Crippen molar-refractivity contribution in [3.8, 4) is 0 Å². The number of aromatic nitrogens is 3. The lowest BCUT2D eigenvalue weighted by Gasteiger charge is -2.20. The zero-order valence-corrected chi connectivity index (χ0v) is 20.8. The molecule has 29 heavy (non-hydrogen) atoms. The Labute approximate surface area is 197 Å². The van der Waals surface area contributed by atoms with Crippen LogP contribution in [-0.4, -0.2) is 33.8 Å². The third-order valence-corrected chi connectivity index (χ3v) is 6.39. The minimum atomic E-state index is 0. The van der Waals surface area contributed by atoms with Gasteiger partial charge in [0.2, 0.25) is 0 Å². The monoisotopic (exact) mass is 544 g/mol. The van der Waals surface area contributed by atoms with Gasteiger partial charge in [0, 0.05) is 42.2 Å². The summed E-state index contributed by atoms with van der Waals surface area (Å²) < 4.78 is 2.09. The van der Waals surface area contributed by atoms with Gasteiger partial charge in [-0.2, -0.15) is 0 Å². The first-order chi connectivity index (χ1) is 13.8. The van der Waals surface area contributed by atoms with Crippen LogP contribution >= 0.6 is 46.7 Å². The second-order valence-electron chi connectivity index (χ2n) is 6.40. The van der Waals surface area contributed by atoms with Crippen LogP contribution in [0.1, 0.15) is 41.9 Å². The highest BCUT2D eigenvalue weighted by molar-refractivity contribution is 14.0. The number of rotatable bonds is 10. The van der Waals surface area contributed by atoms with Crippen molar-refractivity contribution in [2.24, 2.45) is 4.99 Å². The third-order valence-electron chi connectivity index (χ3n) is 4.47. The van der Waals surface area contributed by atoms with Crippen molar-refractivity contribution < 1.29 is 0 Å². The fraction of sp³-hybridized carbons (Fsp3) is 0.450. The summed E-state index contributed by atoms with van der Waals surface area (Å²) in [5.41, 5.74) is 0. The second-order valence-corrected chi connectivity index (χ2v) is 8.41. The summed E-state index contributed by atoms with van der Waals surface area (Å²) >= 11 is 3.57. The SMILES string of the molecule is CCc1nncn1CCNC(=NCCc1cccs1)NC(CC)c1cccs1.I. The Balaban J connectivity index is 0.00000300. The molecule has 158 valence electrons. The van der Waals surface area contributed by atoms with Crippen LogP contribution in [0.25, 0.3) is 0 Å². The average Bonchev–Trinajstić information content (AvgIpc) is 3.48. The molecule has 0 aromatic carbocycles. The molecule has 3 aromatic rings. The van der Waals surface area contributed by atoms with E-state index in [0.29, 0.717) is 0 Å². The van der Waals surface area contributed by atoms with E-state index in [-0.39, 0.29) is 30.0 Å². The van der Waals surface area contributed by atoms with Gasteiger partial charge in [-0.1, -0.05) is 26.0 Å². The van der Waals surface area contributed by atoms with E-state index in [4.69, 9.17) is 4.99 Å². The van der Waals surface area contributed by atoms with E-state index in [1.807, 2.05) is 0 Å². The Morgan fingerprint density at radius 2 is 2.03 bits per heavy atom. The summed E-state index contributed by atoms with van der Waals surface area (Å²) in [6, 6.07) is 8.81. The first-order valence-electron chi connectivity index (χ1n) is 9.77. The van der Waals surface area contributed by atoms with Crippen LogP contribution < -0.4 is 10.6 Å². The molecule has 1 unspecified atom stereocenters. The van der Waals surface area contributed by atoms with Gasteiger partial charge in [0.25, 0.3) is 0 Å². The first kappa shape index (κ1) is 23.8. The first-order valence-corrected chi connectivity index (χ1v) is 11.5. The van der Waals surface area contributed by atoms with Crippen LogP contribution in [0.2, 0.25) is 0 Å². The Kier molecular flexibility index (Phi) is 10.6. The number of aliphatic imine (C=N–C) groups is 1. The molecule has 2 N–H and O–H groups in total. The number of nitrogens with zero attached hydrogens (tertiary/aromatic N) is 4. The Hall–Kier alpha value is -1.46. The molecule has 0 aliphatic heterocycles. The molecule has 0 saturated carbocycles. The van der Waals surface area contributed by atoms with Crippen molar-refractivity contribution in [2.45, 2.75) is 45.7 Å². The van der Waals surface area contributed by atoms with Crippen molar-refractivity contribution in [1.82, 2.24) is 25.4 Å². The van der Waals surface area contributed by atoms with Gasteiger partial charge in [-0.15, -0.1) is 56.8 Å². The molecular weight excluding hydrogens is 515 g/mol. The maximum atomic E-state index is 4.82. The lowest BCUT2D eigenvalue weighted by atomic mass is 10.2. The number of nitrogens with one attached hydrogen (secondary N) is 2. The van der Waals surface area contributed by atoms with E-state index in [9.17, 15) is 0 Å². The largest absolute Gasteiger partial charge is 0.355 e. The van der Waals surface area contributed by atoms with Crippen molar-refractivity contribution >= 4 is 52.6 Å². The lowest BCUT2D eigenvalue weighted by molar-refractivity contribution is 0.595. The predicted octanol–water partition coefficient (Wildman–Crippen LogP) is 4.51. The highest BCUT2D eigenvalue weighted by Crippen LogP contribution is 2.21. The van der Waals surface area contributed by atoms with E-state index in [1.165, 1.54) is 9.75 Å². The van der Waals surface area contributed by atoms with Crippen molar-refractivity contribution in [2.75, 3.05) is 13.1 Å². The molecule has 3 heterocycles. The van der Waals surface area contributed by atoms with E-state index in [1.54, 1.807) is 29.0 Å². The average molecular weight is 545 g/mol. The maximum absolute atomic E-state index is 4.82. The molecule has 0 spiro atoms. The standard InChI is InChI=1S/C20H28N6S2.HI/c1-3-17(18-8-6-14-28-18)24-20(21-10-9-16-7-5-13-27-16)22-11-12-26-15-23-25-19(26)4-2;/h5-8,13-15,17H,3-4,9-12H2,1-2H3,(H2,21,22,24);1H. The number of halogens is 1. The normalized spacial score (nSPS) is 12.4. The van der Waals surface area contributed by atoms with Gasteiger partial charge < -0.3 is 15.2 Å². The zero-order valence-electron chi connectivity index (χ0n) is 16.9. The highest BCUT2D eigenvalue weighted by Gasteiger charge is 2.12.